The van der Waals surface area contributed by atoms with Gasteiger partial charge in [0.25, 0.3) is 5.56 Å². The lowest BCUT2D eigenvalue weighted by atomic mass is 10.0. The first-order valence-corrected chi connectivity index (χ1v) is 11.9. The highest BCUT2D eigenvalue weighted by Crippen LogP contribution is 2.33. The Morgan fingerprint density at radius 3 is 2.67 bits per heavy atom. The molecule has 0 bridgehead atoms. The number of methoxy groups -OCH3 is 2. The number of aromatic nitrogens is 1. The van der Waals surface area contributed by atoms with Crippen LogP contribution in [0.3, 0.4) is 0 Å². The standard InChI is InChI=1S/C25H20N2O4S2/c1-14-21(24(29)31-3)22(19-9-6-12-32-19)27-23(28)20(33-25(27)26-14)13-17-16-8-5-4-7-15(16)10-11-18(17)30-2/h4-13,22H,1-3H3/b20-13-/t22-/m1/s1. The summed E-state index contributed by atoms with van der Waals surface area (Å²) in [6, 6.07) is 15.1. The Kier molecular flexibility index (Phi) is 5.47. The summed E-state index contributed by atoms with van der Waals surface area (Å²) < 4.78 is 12.8. The summed E-state index contributed by atoms with van der Waals surface area (Å²) in [5, 5.41) is 3.97. The van der Waals surface area contributed by atoms with Crippen LogP contribution in [0.25, 0.3) is 16.8 Å². The number of hydrogen-bond donors (Lipinski definition) is 0. The normalized spacial score (nSPS) is 16.0. The Labute approximate surface area is 197 Å². The molecule has 5 rings (SSSR count). The van der Waals surface area contributed by atoms with Gasteiger partial charge in [0.05, 0.1) is 30.0 Å². The summed E-state index contributed by atoms with van der Waals surface area (Å²) in [7, 11) is 2.96. The van der Waals surface area contributed by atoms with Gasteiger partial charge in [-0.05, 0) is 41.3 Å². The highest BCUT2D eigenvalue weighted by atomic mass is 32.1. The first kappa shape index (κ1) is 21.4. The number of allylic oxidation sites excluding steroid dienone is 1. The van der Waals surface area contributed by atoms with E-state index in [2.05, 4.69) is 4.99 Å². The fourth-order valence-corrected chi connectivity index (χ4v) is 5.99. The quantitative estimate of drug-likeness (QED) is 0.422. The highest BCUT2D eigenvalue weighted by molar-refractivity contribution is 7.10. The van der Waals surface area contributed by atoms with E-state index in [1.54, 1.807) is 18.6 Å². The smallest absolute Gasteiger partial charge is 0.338 e. The third-order valence-electron chi connectivity index (χ3n) is 5.67. The maximum absolute atomic E-state index is 13.7. The van der Waals surface area contributed by atoms with Gasteiger partial charge in [-0.25, -0.2) is 9.79 Å². The third-order valence-corrected chi connectivity index (χ3v) is 7.57. The Bertz CT molecular complexity index is 1590. The number of thiophene rings is 1. The van der Waals surface area contributed by atoms with Crippen LogP contribution in [0.1, 0.15) is 23.4 Å². The molecule has 3 heterocycles. The van der Waals surface area contributed by atoms with Crippen molar-refractivity contribution in [2.45, 2.75) is 13.0 Å². The van der Waals surface area contributed by atoms with E-state index in [1.165, 1.54) is 29.8 Å². The minimum atomic E-state index is -0.578. The molecule has 0 saturated carbocycles. The number of hydrogen-bond acceptors (Lipinski definition) is 7. The predicted octanol–water partition coefficient (Wildman–Crippen LogP) is 3.63. The van der Waals surface area contributed by atoms with Crippen LogP contribution in [0, 0.1) is 0 Å². The Hall–Kier alpha value is -3.49. The molecule has 6 nitrogen and oxygen atoms in total. The van der Waals surface area contributed by atoms with Crippen LogP contribution in [-0.4, -0.2) is 24.8 Å². The van der Waals surface area contributed by atoms with E-state index in [9.17, 15) is 9.59 Å². The molecule has 0 spiro atoms. The molecule has 33 heavy (non-hydrogen) atoms. The summed E-state index contributed by atoms with van der Waals surface area (Å²) in [5.41, 5.74) is 1.55. The van der Waals surface area contributed by atoms with Crippen molar-refractivity contribution in [1.82, 2.24) is 4.57 Å². The van der Waals surface area contributed by atoms with Crippen molar-refractivity contribution in [2.75, 3.05) is 14.2 Å². The van der Waals surface area contributed by atoms with Crippen molar-refractivity contribution in [1.29, 1.82) is 0 Å². The van der Waals surface area contributed by atoms with Gasteiger partial charge in [-0.3, -0.25) is 9.36 Å². The Balaban J connectivity index is 1.80. The van der Waals surface area contributed by atoms with E-state index in [0.717, 1.165) is 21.2 Å². The second kappa shape index (κ2) is 8.46. The van der Waals surface area contributed by atoms with Crippen LogP contribution in [0.15, 0.2) is 75.0 Å². The van der Waals surface area contributed by atoms with Crippen molar-refractivity contribution < 1.29 is 14.3 Å². The highest BCUT2D eigenvalue weighted by Gasteiger charge is 2.33. The molecule has 0 N–H and O–H groups in total. The van der Waals surface area contributed by atoms with Gasteiger partial charge in [0.2, 0.25) is 0 Å². The molecule has 2 aromatic carbocycles. The van der Waals surface area contributed by atoms with Gasteiger partial charge in [-0.1, -0.05) is 47.7 Å². The summed E-state index contributed by atoms with van der Waals surface area (Å²) in [6.07, 6.45) is 1.85. The summed E-state index contributed by atoms with van der Waals surface area (Å²) in [6.45, 7) is 1.78. The van der Waals surface area contributed by atoms with Gasteiger partial charge < -0.3 is 9.47 Å². The van der Waals surface area contributed by atoms with Crippen molar-refractivity contribution in [2.24, 2.45) is 4.99 Å². The molecule has 1 aliphatic heterocycles. The predicted molar refractivity (Wildman–Crippen MR) is 131 cm³/mol. The number of fused-ring (bicyclic) bond motifs is 2. The number of carbonyl (C=O) groups excluding carboxylic acids is 1. The van der Waals surface area contributed by atoms with Gasteiger partial charge in [-0.15, -0.1) is 11.3 Å². The molecule has 0 unspecified atom stereocenters. The van der Waals surface area contributed by atoms with Crippen LogP contribution in [0.4, 0.5) is 0 Å². The van der Waals surface area contributed by atoms with E-state index in [-0.39, 0.29) is 5.56 Å². The molecule has 0 aliphatic carbocycles. The summed E-state index contributed by atoms with van der Waals surface area (Å²) in [5.74, 6) is 0.195. The molecular weight excluding hydrogens is 456 g/mol. The molecule has 0 saturated heterocycles. The average molecular weight is 477 g/mol. The zero-order valence-corrected chi connectivity index (χ0v) is 19.8. The van der Waals surface area contributed by atoms with E-state index in [0.29, 0.717) is 26.4 Å². The largest absolute Gasteiger partial charge is 0.496 e. The minimum Gasteiger partial charge on any atom is -0.496 e. The number of ether oxygens (including phenoxy) is 2. The zero-order chi connectivity index (χ0) is 23.1. The fraction of sp³-hybridized carbons (Fsp3) is 0.160. The van der Waals surface area contributed by atoms with E-state index in [1.807, 2.05) is 60.0 Å². The number of esters is 1. The lowest BCUT2D eigenvalue weighted by Gasteiger charge is -2.22. The molecule has 166 valence electrons. The Morgan fingerprint density at radius 1 is 1.12 bits per heavy atom. The number of benzene rings is 2. The molecule has 0 fully saturated rings. The van der Waals surface area contributed by atoms with Crippen LogP contribution in [0.5, 0.6) is 5.75 Å². The first-order chi connectivity index (χ1) is 16.0. The number of carbonyl (C=O) groups is 1. The maximum atomic E-state index is 13.7. The molecule has 8 heteroatoms. The van der Waals surface area contributed by atoms with Gasteiger partial charge >= 0.3 is 5.97 Å². The van der Waals surface area contributed by atoms with E-state index >= 15 is 0 Å². The lowest BCUT2D eigenvalue weighted by molar-refractivity contribution is -0.136. The monoisotopic (exact) mass is 476 g/mol. The molecule has 1 atom stereocenters. The second-order valence-electron chi connectivity index (χ2n) is 7.49. The van der Waals surface area contributed by atoms with E-state index in [4.69, 9.17) is 9.47 Å². The van der Waals surface area contributed by atoms with E-state index < -0.39 is 12.0 Å². The summed E-state index contributed by atoms with van der Waals surface area (Å²) >= 11 is 2.79. The fourth-order valence-electron chi connectivity index (χ4n) is 4.14. The SMILES string of the molecule is COC(=O)C1=C(C)N=c2s/c(=C\c3c(OC)ccc4ccccc34)c(=O)n2[C@@H]1c1cccs1. The van der Waals surface area contributed by atoms with Gasteiger partial charge in [0.1, 0.15) is 11.8 Å². The number of rotatable bonds is 4. The maximum Gasteiger partial charge on any atom is 0.338 e. The zero-order valence-electron chi connectivity index (χ0n) is 18.2. The van der Waals surface area contributed by atoms with Gasteiger partial charge in [0.15, 0.2) is 4.80 Å². The van der Waals surface area contributed by atoms with Crippen molar-refractivity contribution >= 4 is 45.5 Å². The first-order valence-electron chi connectivity index (χ1n) is 10.2. The van der Waals surface area contributed by atoms with Crippen molar-refractivity contribution in [3.05, 3.63) is 95.3 Å². The molecule has 4 aromatic rings. The lowest BCUT2D eigenvalue weighted by Crippen LogP contribution is -2.39. The van der Waals surface area contributed by atoms with Crippen LogP contribution >= 0.6 is 22.7 Å². The van der Waals surface area contributed by atoms with Crippen LogP contribution < -0.4 is 19.6 Å². The van der Waals surface area contributed by atoms with Gasteiger partial charge in [0, 0.05) is 10.4 Å². The molecule has 0 amide bonds. The topological polar surface area (TPSA) is 69.9 Å². The molecule has 2 aromatic heterocycles. The average Bonchev–Trinajstić information content (AvgIpc) is 3.46. The van der Waals surface area contributed by atoms with Crippen molar-refractivity contribution in [3.63, 3.8) is 0 Å². The van der Waals surface area contributed by atoms with Crippen LogP contribution in [0.2, 0.25) is 0 Å². The minimum absolute atomic E-state index is 0.207. The van der Waals surface area contributed by atoms with Crippen LogP contribution in [-0.2, 0) is 9.53 Å². The summed E-state index contributed by atoms with van der Waals surface area (Å²) in [4.78, 5) is 32.4. The third kappa shape index (κ3) is 3.51. The molecule has 1 aliphatic rings. The number of nitrogens with zero attached hydrogens (tertiary/aromatic N) is 2. The Morgan fingerprint density at radius 2 is 1.94 bits per heavy atom. The molecule has 0 radical (unpaired) electrons. The van der Waals surface area contributed by atoms with Crippen molar-refractivity contribution in [3.8, 4) is 5.75 Å². The second-order valence-corrected chi connectivity index (χ2v) is 9.48. The van der Waals surface area contributed by atoms with Gasteiger partial charge in [-0.2, -0.15) is 0 Å². The molecular formula is C25H20N2O4S2. The number of thiazole rings is 1.